The van der Waals surface area contributed by atoms with Crippen molar-refractivity contribution >= 4 is 46.4 Å². The number of hydrogen-bond donors (Lipinski definition) is 2. The number of hydrogen-bond acceptors (Lipinski definition) is 3. The highest BCUT2D eigenvalue weighted by Crippen LogP contribution is 2.64. The predicted octanol–water partition coefficient (Wildman–Crippen LogP) is 3.18. The van der Waals surface area contributed by atoms with Gasteiger partial charge in [0.1, 0.15) is 10.1 Å². The zero-order valence-corrected chi connectivity index (χ0v) is 13.4. The second kappa shape index (κ2) is 5.39. The Hall–Kier alpha value is -1.46. The normalized spacial score (nSPS) is 22.3. The van der Waals surface area contributed by atoms with Crippen molar-refractivity contribution in [2.75, 3.05) is 17.7 Å². The van der Waals surface area contributed by atoms with Crippen LogP contribution in [0.5, 0.6) is 5.75 Å². The maximum Gasteiger partial charge on any atom is 0.233 e. The van der Waals surface area contributed by atoms with Crippen molar-refractivity contribution in [2.45, 2.75) is 24.6 Å². The van der Waals surface area contributed by atoms with Crippen LogP contribution in [-0.4, -0.2) is 23.3 Å². The molecule has 0 bridgehead atoms. The van der Waals surface area contributed by atoms with E-state index in [4.69, 9.17) is 27.9 Å². The first-order chi connectivity index (χ1) is 9.69. The summed E-state index contributed by atoms with van der Waals surface area (Å²) in [7, 11) is 1.52. The first-order valence-corrected chi connectivity index (χ1v) is 7.10. The zero-order valence-electron chi connectivity index (χ0n) is 11.9. The molecule has 1 atom stereocenters. The molecule has 2 N–H and O–H groups in total. The standard InChI is InChI=1S/C14H16Cl2N2O3/c1-8(19)17-10-5-4-9(21-3)6-11(10)18-12(20)13(2)7-14(13,15)16/h4-6H,7H2,1-3H3,(H,17,19)(H,18,20)/t13-/m0/s1. The quantitative estimate of drug-likeness (QED) is 0.833. The smallest absolute Gasteiger partial charge is 0.233 e. The number of anilines is 2. The molecule has 0 aromatic heterocycles. The van der Waals surface area contributed by atoms with Gasteiger partial charge in [-0.1, -0.05) is 0 Å². The van der Waals surface area contributed by atoms with Gasteiger partial charge in [0.05, 0.1) is 23.9 Å². The monoisotopic (exact) mass is 330 g/mol. The van der Waals surface area contributed by atoms with E-state index in [2.05, 4.69) is 10.6 Å². The van der Waals surface area contributed by atoms with E-state index in [1.165, 1.54) is 14.0 Å². The van der Waals surface area contributed by atoms with Gasteiger partial charge in [0.15, 0.2) is 0 Å². The Morgan fingerprint density at radius 3 is 2.33 bits per heavy atom. The lowest BCUT2D eigenvalue weighted by Crippen LogP contribution is -2.26. The number of ether oxygens (including phenoxy) is 1. The third kappa shape index (κ3) is 3.09. The van der Waals surface area contributed by atoms with Gasteiger partial charge in [0.25, 0.3) is 0 Å². The molecular weight excluding hydrogens is 315 g/mol. The highest BCUT2D eigenvalue weighted by Gasteiger charge is 2.67. The van der Waals surface area contributed by atoms with Gasteiger partial charge in [0.2, 0.25) is 11.8 Å². The van der Waals surface area contributed by atoms with Crippen LogP contribution in [0.15, 0.2) is 18.2 Å². The van der Waals surface area contributed by atoms with Crippen LogP contribution in [0.3, 0.4) is 0 Å². The lowest BCUT2D eigenvalue weighted by Gasteiger charge is -2.16. The Kier molecular flexibility index (Phi) is 4.08. The molecule has 5 nitrogen and oxygen atoms in total. The summed E-state index contributed by atoms with van der Waals surface area (Å²) in [4.78, 5) is 23.5. The van der Waals surface area contributed by atoms with Crippen LogP contribution in [0, 0.1) is 5.41 Å². The number of methoxy groups -OCH3 is 1. The summed E-state index contributed by atoms with van der Waals surface area (Å²) < 4.78 is 4.07. The van der Waals surface area contributed by atoms with E-state index in [9.17, 15) is 9.59 Å². The Bertz CT molecular complexity index is 604. The van der Waals surface area contributed by atoms with Crippen LogP contribution in [0.2, 0.25) is 0 Å². The molecule has 7 heteroatoms. The summed E-state index contributed by atoms with van der Waals surface area (Å²) in [6.45, 7) is 3.08. The minimum atomic E-state index is -1.05. The topological polar surface area (TPSA) is 67.4 Å². The van der Waals surface area contributed by atoms with Gasteiger partial charge in [-0.05, 0) is 25.5 Å². The van der Waals surface area contributed by atoms with Crippen molar-refractivity contribution in [3.8, 4) is 5.75 Å². The molecule has 1 aromatic rings. The van der Waals surface area contributed by atoms with Crippen molar-refractivity contribution in [1.82, 2.24) is 0 Å². The largest absolute Gasteiger partial charge is 0.497 e. The van der Waals surface area contributed by atoms with Gasteiger partial charge in [-0.3, -0.25) is 9.59 Å². The van der Waals surface area contributed by atoms with Gasteiger partial charge in [-0.25, -0.2) is 0 Å². The van der Waals surface area contributed by atoms with E-state index < -0.39 is 9.75 Å². The first kappa shape index (κ1) is 15.9. The molecule has 0 heterocycles. The fourth-order valence-electron chi connectivity index (χ4n) is 1.96. The van der Waals surface area contributed by atoms with Gasteiger partial charge < -0.3 is 15.4 Å². The summed E-state index contributed by atoms with van der Waals surface area (Å²) in [5.41, 5.74) is 0.0783. The van der Waals surface area contributed by atoms with E-state index in [-0.39, 0.29) is 11.8 Å². The van der Waals surface area contributed by atoms with E-state index >= 15 is 0 Å². The van der Waals surface area contributed by atoms with Crippen LogP contribution in [0.1, 0.15) is 20.3 Å². The molecule has 21 heavy (non-hydrogen) atoms. The summed E-state index contributed by atoms with van der Waals surface area (Å²) >= 11 is 12.0. The minimum Gasteiger partial charge on any atom is -0.497 e. The Labute approximate surface area is 132 Å². The molecule has 1 fully saturated rings. The van der Waals surface area contributed by atoms with E-state index in [0.29, 0.717) is 23.5 Å². The van der Waals surface area contributed by atoms with E-state index in [1.54, 1.807) is 25.1 Å². The Balaban J connectivity index is 2.25. The molecule has 2 amide bonds. The first-order valence-electron chi connectivity index (χ1n) is 6.34. The number of alkyl halides is 2. The van der Waals surface area contributed by atoms with Crippen LogP contribution in [-0.2, 0) is 9.59 Å². The van der Waals surface area contributed by atoms with Crippen molar-refractivity contribution in [2.24, 2.45) is 5.41 Å². The van der Waals surface area contributed by atoms with Crippen molar-refractivity contribution in [3.05, 3.63) is 18.2 Å². The fourth-order valence-corrected chi connectivity index (χ4v) is 2.67. The molecule has 1 saturated carbocycles. The molecule has 1 aliphatic rings. The third-order valence-corrected chi connectivity index (χ3v) is 4.65. The number of carbonyl (C=O) groups excluding carboxylic acids is 2. The summed E-state index contributed by atoms with van der Waals surface area (Å²) in [6, 6.07) is 4.96. The molecule has 0 radical (unpaired) electrons. The molecule has 0 aliphatic heterocycles. The Morgan fingerprint density at radius 2 is 1.86 bits per heavy atom. The maximum absolute atomic E-state index is 12.3. The lowest BCUT2D eigenvalue weighted by atomic mass is 10.1. The molecule has 1 aromatic carbocycles. The number of benzene rings is 1. The number of carbonyl (C=O) groups is 2. The van der Waals surface area contributed by atoms with Crippen molar-refractivity contribution in [1.29, 1.82) is 0 Å². The summed E-state index contributed by atoms with van der Waals surface area (Å²) in [5.74, 6) is 0.0213. The highest BCUT2D eigenvalue weighted by atomic mass is 35.5. The average molecular weight is 331 g/mol. The molecule has 0 saturated heterocycles. The predicted molar refractivity (Wildman–Crippen MR) is 83.1 cm³/mol. The maximum atomic E-state index is 12.3. The van der Waals surface area contributed by atoms with Crippen LogP contribution < -0.4 is 15.4 Å². The van der Waals surface area contributed by atoms with Gasteiger partial charge >= 0.3 is 0 Å². The number of amides is 2. The molecular formula is C14H16Cl2N2O3. The second-order valence-corrected chi connectivity index (χ2v) is 6.74. The van der Waals surface area contributed by atoms with Gasteiger partial charge in [0, 0.05) is 13.0 Å². The highest BCUT2D eigenvalue weighted by molar-refractivity contribution is 6.53. The van der Waals surface area contributed by atoms with Crippen molar-refractivity contribution < 1.29 is 14.3 Å². The molecule has 114 valence electrons. The fraction of sp³-hybridized carbons (Fsp3) is 0.429. The molecule has 2 rings (SSSR count). The van der Waals surface area contributed by atoms with E-state index in [1.807, 2.05) is 0 Å². The number of nitrogens with one attached hydrogen (secondary N) is 2. The average Bonchev–Trinajstić information content (AvgIpc) is 2.91. The summed E-state index contributed by atoms with van der Waals surface area (Å²) in [5, 5.41) is 5.39. The summed E-state index contributed by atoms with van der Waals surface area (Å²) in [6.07, 6.45) is 0.383. The SMILES string of the molecule is COc1ccc(NC(C)=O)c(NC(=O)[C@]2(C)CC2(Cl)Cl)c1. The van der Waals surface area contributed by atoms with Gasteiger partial charge in [-0.15, -0.1) is 23.2 Å². The molecule has 0 spiro atoms. The molecule has 0 unspecified atom stereocenters. The van der Waals surface area contributed by atoms with Crippen molar-refractivity contribution in [3.63, 3.8) is 0 Å². The minimum absolute atomic E-state index is 0.239. The number of halogens is 2. The number of rotatable bonds is 4. The zero-order chi connectivity index (χ0) is 15.8. The third-order valence-electron chi connectivity index (χ3n) is 3.54. The van der Waals surface area contributed by atoms with Crippen LogP contribution in [0.25, 0.3) is 0 Å². The Morgan fingerprint density at radius 1 is 1.24 bits per heavy atom. The second-order valence-electron chi connectivity index (χ2n) is 5.26. The van der Waals surface area contributed by atoms with E-state index in [0.717, 1.165) is 0 Å². The molecule has 1 aliphatic carbocycles. The van der Waals surface area contributed by atoms with Crippen LogP contribution >= 0.6 is 23.2 Å². The lowest BCUT2D eigenvalue weighted by molar-refractivity contribution is -0.120. The van der Waals surface area contributed by atoms with Crippen LogP contribution in [0.4, 0.5) is 11.4 Å². The van der Waals surface area contributed by atoms with Gasteiger partial charge in [-0.2, -0.15) is 0 Å².